The van der Waals surface area contributed by atoms with Gasteiger partial charge in [0.2, 0.25) is 0 Å². The maximum Gasteiger partial charge on any atom is 0.131 e. The molecule has 2 heterocycles. The van der Waals surface area contributed by atoms with E-state index < -0.39 is 0 Å². The molecule has 18 heavy (non-hydrogen) atoms. The molecule has 1 fully saturated rings. The summed E-state index contributed by atoms with van der Waals surface area (Å²) in [5.41, 5.74) is 9.33. The fourth-order valence-electron chi connectivity index (χ4n) is 2.49. The third-order valence-electron chi connectivity index (χ3n) is 3.49. The van der Waals surface area contributed by atoms with E-state index in [1.54, 1.807) is 6.20 Å². The van der Waals surface area contributed by atoms with Crippen LogP contribution < -0.4 is 10.6 Å². The fourth-order valence-corrected chi connectivity index (χ4v) is 2.49. The molecule has 0 saturated carbocycles. The first-order valence-corrected chi connectivity index (χ1v) is 6.40. The highest BCUT2D eigenvalue weighted by Gasteiger charge is 2.12. The average molecular weight is 239 g/mol. The Morgan fingerprint density at radius 3 is 2.39 bits per heavy atom. The van der Waals surface area contributed by atoms with E-state index in [0.29, 0.717) is 5.82 Å². The Morgan fingerprint density at radius 2 is 1.72 bits per heavy atom. The zero-order valence-electron chi connectivity index (χ0n) is 10.3. The maximum absolute atomic E-state index is 5.89. The van der Waals surface area contributed by atoms with E-state index in [4.69, 9.17) is 5.73 Å². The lowest BCUT2D eigenvalue weighted by molar-refractivity contribution is 0.949. The van der Waals surface area contributed by atoms with Gasteiger partial charge in [-0.05, 0) is 42.7 Å². The molecule has 0 atom stereocenters. The molecule has 0 aliphatic carbocycles. The zero-order valence-corrected chi connectivity index (χ0v) is 10.3. The number of hydrogen-bond donors (Lipinski definition) is 1. The summed E-state index contributed by atoms with van der Waals surface area (Å²) in [4.78, 5) is 6.55. The van der Waals surface area contributed by atoms with Crippen molar-refractivity contribution in [1.82, 2.24) is 4.98 Å². The minimum Gasteiger partial charge on any atom is -0.383 e. The van der Waals surface area contributed by atoms with Crippen molar-refractivity contribution in [3.05, 3.63) is 42.6 Å². The Kier molecular flexibility index (Phi) is 2.89. The second-order valence-corrected chi connectivity index (χ2v) is 4.68. The zero-order chi connectivity index (χ0) is 12.4. The Bertz CT molecular complexity index is 528. The summed E-state index contributed by atoms with van der Waals surface area (Å²) >= 11 is 0. The summed E-state index contributed by atoms with van der Waals surface area (Å²) in [6.07, 6.45) is 4.33. The SMILES string of the molecule is Nc1ncccc1-c1ccc(N2CCCC2)cc1. The molecule has 3 nitrogen and oxygen atoms in total. The number of nitrogen functional groups attached to an aromatic ring is 1. The predicted molar refractivity (Wildman–Crippen MR) is 75.5 cm³/mol. The van der Waals surface area contributed by atoms with Gasteiger partial charge in [0.15, 0.2) is 0 Å². The molecule has 1 aliphatic heterocycles. The molecule has 1 aromatic carbocycles. The van der Waals surface area contributed by atoms with Gasteiger partial charge in [-0.3, -0.25) is 0 Å². The molecule has 0 amide bonds. The van der Waals surface area contributed by atoms with Crippen LogP contribution in [0.1, 0.15) is 12.8 Å². The summed E-state index contributed by atoms with van der Waals surface area (Å²) in [6.45, 7) is 2.35. The van der Waals surface area contributed by atoms with E-state index in [2.05, 4.69) is 34.1 Å². The van der Waals surface area contributed by atoms with Gasteiger partial charge in [0.25, 0.3) is 0 Å². The van der Waals surface area contributed by atoms with Crippen molar-refractivity contribution < 1.29 is 0 Å². The van der Waals surface area contributed by atoms with Crippen LogP contribution in [-0.4, -0.2) is 18.1 Å². The van der Waals surface area contributed by atoms with Crippen molar-refractivity contribution >= 4 is 11.5 Å². The van der Waals surface area contributed by atoms with Crippen LogP contribution in [0.4, 0.5) is 11.5 Å². The van der Waals surface area contributed by atoms with Gasteiger partial charge in [-0.25, -0.2) is 4.98 Å². The van der Waals surface area contributed by atoms with Crippen molar-refractivity contribution in [2.24, 2.45) is 0 Å². The molecule has 2 N–H and O–H groups in total. The molecule has 0 bridgehead atoms. The lowest BCUT2D eigenvalue weighted by Gasteiger charge is -2.17. The standard InChI is InChI=1S/C15H17N3/c16-15-14(4-3-9-17-15)12-5-7-13(8-6-12)18-10-1-2-11-18/h3-9H,1-2,10-11H2,(H2,16,17). The van der Waals surface area contributed by atoms with E-state index in [1.165, 1.54) is 31.6 Å². The molecular formula is C15H17N3. The number of aromatic nitrogens is 1. The first-order chi connectivity index (χ1) is 8.84. The van der Waals surface area contributed by atoms with Crippen LogP contribution in [0, 0.1) is 0 Å². The van der Waals surface area contributed by atoms with Crippen molar-refractivity contribution in [1.29, 1.82) is 0 Å². The van der Waals surface area contributed by atoms with Gasteiger partial charge < -0.3 is 10.6 Å². The van der Waals surface area contributed by atoms with Gasteiger partial charge in [-0.2, -0.15) is 0 Å². The Balaban J connectivity index is 1.89. The van der Waals surface area contributed by atoms with E-state index in [1.807, 2.05) is 12.1 Å². The molecule has 0 unspecified atom stereocenters. The normalized spacial score (nSPS) is 15.0. The Labute approximate surface area is 107 Å². The number of benzene rings is 1. The van der Waals surface area contributed by atoms with Crippen LogP contribution >= 0.6 is 0 Å². The van der Waals surface area contributed by atoms with Gasteiger partial charge in [-0.15, -0.1) is 0 Å². The highest BCUT2D eigenvalue weighted by atomic mass is 15.1. The van der Waals surface area contributed by atoms with Gasteiger partial charge >= 0.3 is 0 Å². The molecule has 0 radical (unpaired) electrons. The molecule has 3 rings (SSSR count). The van der Waals surface area contributed by atoms with Crippen molar-refractivity contribution in [2.45, 2.75) is 12.8 Å². The molecule has 2 aromatic rings. The second-order valence-electron chi connectivity index (χ2n) is 4.68. The highest BCUT2D eigenvalue weighted by molar-refractivity contribution is 5.74. The first kappa shape index (κ1) is 11.1. The molecule has 1 saturated heterocycles. The second kappa shape index (κ2) is 4.69. The summed E-state index contributed by atoms with van der Waals surface area (Å²) < 4.78 is 0. The third kappa shape index (κ3) is 2.04. The smallest absolute Gasteiger partial charge is 0.131 e. The number of rotatable bonds is 2. The topological polar surface area (TPSA) is 42.1 Å². The molecular weight excluding hydrogens is 222 g/mol. The van der Waals surface area contributed by atoms with Crippen molar-refractivity contribution in [2.75, 3.05) is 23.7 Å². The lowest BCUT2D eigenvalue weighted by Crippen LogP contribution is -2.17. The molecule has 3 heteroatoms. The van der Waals surface area contributed by atoms with Crippen molar-refractivity contribution in [3.8, 4) is 11.1 Å². The predicted octanol–water partition coefficient (Wildman–Crippen LogP) is 2.93. The largest absolute Gasteiger partial charge is 0.383 e. The van der Waals surface area contributed by atoms with Crippen molar-refractivity contribution in [3.63, 3.8) is 0 Å². The van der Waals surface area contributed by atoms with Gasteiger partial charge in [0.05, 0.1) is 0 Å². The number of hydrogen-bond acceptors (Lipinski definition) is 3. The van der Waals surface area contributed by atoms with Crippen LogP contribution in [0.15, 0.2) is 42.6 Å². The lowest BCUT2D eigenvalue weighted by atomic mass is 10.1. The summed E-state index contributed by atoms with van der Waals surface area (Å²) in [5, 5.41) is 0. The maximum atomic E-state index is 5.89. The number of nitrogens with zero attached hydrogens (tertiary/aromatic N) is 2. The minimum absolute atomic E-state index is 0.589. The number of anilines is 2. The number of nitrogens with two attached hydrogens (primary N) is 1. The molecule has 1 aliphatic rings. The summed E-state index contributed by atoms with van der Waals surface area (Å²) in [5.74, 6) is 0.589. The van der Waals surface area contributed by atoms with Crippen LogP contribution in [0.3, 0.4) is 0 Å². The monoisotopic (exact) mass is 239 g/mol. The minimum atomic E-state index is 0.589. The Morgan fingerprint density at radius 1 is 1.00 bits per heavy atom. The van der Waals surface area contributed by atoms with Crippen LogP contribution in [-0.2, 0) is 0 Å². The quantitative estimate of drug-likeness (QED) is 0.876. The van der Waals surface area contributed by atoms with E-state index in [0.717, 1.165) is 11.1 Å². The first-order valence-electron chi connectivity index (χ1n) is 6.40. The molecule has 92 valence electrons. The fraction of sp³-hybridized carbons (Fsp3) is 0.267. The van der Waals surface area contributed by atoms with E-state index >= 15 is 0 Å². The average Bonchev–Trinajstić information content (AvgIpc) is 2.94. The van der Waals surface area contributed by atoms with Crippen LogP contribution in [0.25, 0.3) is 11.1 Å². The summed E-state index contributed by atoms with van der Waals surface area (Å²) in [6, 6.07) is 12.5. The summed E-state index contributed by atoms with van der Waals surface area (Å²) in [7, 11) is 0. The van der Waals surface area contributed by atoms with Crippen LogP contribution in [0.5, 0.6) is 0 Å². The van der Waals surface area contributed by atoms with E-state index in [-0.39, 0.29) is 0 Å². The van der Waals surface area contributed by atoms with E-state index in [9.17, 15) is 0 Å². The Hall–Kier alpha value is -2.03. The van der Waals surface area contributed by atoms with Gasteiger partial charge in [0, 0.05) is 30.5 Å². The molecule has 0 spiro atoms. The molecule has 1 aromatic heterocycles. The van der Waals surface area contributed by atoms with Gasteiger partial charge in [0.1, 0.15) is 5.82 Å². The van der Waals surface area contributed by atoms with Crippen LogP contribution in [0.2, 0.25) is 0 Å². The van der Waals surface area contributed by atoms with Gasteiger partial charge in [-0.1, -0.05) is 12.1 Å². The highest BCUT2D eigenvalue weighted by Crippen LogP contribution is 2.27. The number of pyridine rings is 1. The third-order valence-corrected chi connectivity index (χ3v) is 3.49.